The van der Waals surface area contributed by atoms with E-state index in [1.807, 2.05) is 33.9 Å². The Morgan fingerprint density at radius 2 is 1.37 bits per heavy atom. The van der Waals surface area contributed by atoms with Gasteiger partial charge in [0.1, 0.15) is 36.1 Å². The van der Waals surface area contributed by atoms with Crippen molar-refractivity contribution in [2.45, 2.75) is 89.5 Å². The van der Waals surface area contributed by atoms with E-state index < -0.39 is 0 Å². The lowest BCUT2D eigenvalue weighted by Crippen LogP contribution is -2.13. The Morgan fingerprint density at radius 3 is 1.98 bits per heavy atom. The van der Waals surface area contributed by atoms with E-state index in [9.17, 15) is 4.79 Å². The molecular weight excluding hydrogens is 564 g/mol. The standard InChI is InChI=1S/C33H37ClN6O3/c34-25-14-11-24(12-15-25)13-18-32(41)31-17-16-30(42-22-26-20-39(37-35-26)28-7-3-1-4-8-28)19-33(31)43-23-27-21-40(38-36-27)29-9-5-2-6-10-29/h11-21,28-29H,1-10,22-23H2/b18-13+. The Morgan fingerprint density at radius 1 is 0.791 bits per heavy atom. The minimum Gasteiger partial charge on any atom is -0.487 e. The molecule has 0 aliphatic heterocycles. The second-order valence-corrected chi connectivity index (χ2v) is 11.9. The maximum atomic E-state index is 13.3. The van der Waals surface area contributed by atoms with E-state index in [0.717, 1.165) is 36.9 Å². The molecule has 2 heterocycles. The second kappa shape index (κ2) is 14.0. The molecule has 2 fully saturated rings. The maximum absolute atomic E-state index is 13.3. The quantitative estimate of drug-likeness (QED) is 0.129. The van der Waals surface area contributed by atoms with Crippen LogP contribution in [-0.4, -0.2) is 35.8 Å². The van der Waals surface area contributed by atoms with Gasteiger partial charge in [-0.25, -0.2) is 9.36 Å². The molecule has 0 unspecified atom stereocenters. The van der Waals surface area contributed by atoms with Crippen LogP contribution in [0, 0.1) is 0 Å². The summed E-state index contributed by atoms with van der Waals surface area (Å²) < 4.78 is 16.2. The van der Waals surface area contributed by atoms with Gasteiger partial charge < -0.3 is 9.47 Å². The number of hydrogen-bond acceptors (Lipinski definition) is 7. The zero-order valence-corrected chi connectivity index (χ0v) is 25.0. The van der Waals surface area contributed by atoms with Crippen LogP contribution in [0.2, 0.25) is 5.02 Å². The highest BCUT2D eigenvalue weighted by molar-refractivity contribution is 6.30. The highest BCUT2D eigenvalue weighted by Gasteiger charge is 2.19. The number of halogens is 1. The molecule has 0 N–H and O–H groups in total. The van der Waals surface area contributed by atoms with Gasteiger partial charge in [0, 0.05) is 11.1 Å². The zero-order chi connectivity index (χ0) is 29.4. The monoisotopic (exact) mass is 600 g/mol. The fraction of sp³-hybridized carbons (Fsp3) is 0.424. The van der Waals surface area contributed by atoms with Crippen molar-refractivity contribution in [3.8, 4) is 11.5 Å². The molecule has 0 radical (unpaired) electrons. The molecule has 0 bridgehead atoms. The zero-order valence-electron chi connectivity index (χ0n) is 24.3. The number of allylic oxidation sites excluding steroid dienone is 1. The third-order valence-electron chi connectivity index (χ3n) is 8.29. The van der Waals surface area contributed by atoms with Gasteiger partial charge in [0.25, 0.3) is 0 Å². The van der Waals surface area contributed by atoms with E-state index in [4.69, 9.17) is 21.1 Å². The van der Waals surface area contributed by atoms with Crippen molar-refractivity contribution in [2.75, 3.05) is 0 Å². The highest BCUT2D eigenvalue weighted by atomic mass is 35.5. The molecule has 0 amide bonds. The summed E-state index contributed by atoms with van der Waals surface area (Å²) in [5, 5.41) is 18.0. The summed E-state index contributed by atoms with van der Waals surface area (Å²) in [7, 11) is 0. The van der Waals surface area contributed by atoms with Crippen LogP contribution in [0.3, 0.4) is 0 Å². The van der Waals surface area contributed by atoms with Crippen LogP contribution in [0.1, 0.15) is 104 Å². The maximum Gasteiger partial charge on any atom is 0.189 e. The third-order valence-corrected chi connectivity index (χ3v) is 8.54. The van der Waals surface area contributed by atoms with Crippen molar-refractivity contribution in [3.05, 3.63) is 88.5 Å². The topological polar surface area (TPSA) is 97.0 Å². The average molecular weight is 601 g/mol. The van der Waals surface area contributed by atoms with Crippen molar-refractivity contribution < 1.29 is 14.3 Å². The molecule has 9 nitrogen and oxygen atoms in total. The molecule has 6 rings (SSSR count). The number of ether oxygens (including phenoxy) is 2. The summed E-state index contributed by atoms with van der Waals surface area (Å²) in [4.78, 5) is 13.3. The first-order valence-electron chi connectivity index (χ1n) is 15.3. The van der Waals surface area contributed by atoms with Crippen LogP contribution < -0.4 is 9.47 Å². The number of carbonyl (C=O) groups excluding carboxylic acids is 1. The lowest BCUT2D eigenvalue weighted by molar-refractivity contribution is 0.104. The lowest BCUT2D eigenvalue weighted by atomic mass is 9.96. The van der Waals surface area contributed by atoms with Gasteiger partial charge in [-0.15, -0.1) is 10.2 Å². The predicted octanol–water partition coefficient (Wildman–Crippen LogP) is 7.59. The number of ketones is 1. The van der Waals surface area contributed by atoms with Gasteiger partial charge in [0.15, 0.2) is 5.78 Å². The van der Waals surface area contributed by atoms with Gasteiger partial charge in [0.05, 0.1) is 30.0 Å². The molecule has 224 valence electrons. The SMILES string of the molecule is O=C(/C=C/c1ccc(Cl)cc1)c1ccc(OCc2cn(C3CCCCC3)nn2)cc1OCc1cn(C2CCCCC2)nn1. The molecule has 2 aliphatic rings. The fourth-order valence-corrected chi connectivity index (χ4v) is 5.99. The van der Waals surface area contributed by atoms with Crippen molar-refractivity contribution >= 4 is 23.5 Å². The largest absolute Gasteiger partial charge is 0.487 e. The van der Waals surface area contributed by atoms with Gasteiger partial charge in [-0.2, -0.15) is 0 Å². The van der Waals surface area contributed by atoms with E-state index in [-0.39, 0.29) is 19.0 Å². The van der Waals surface area contributed by atoms with Gasteiger partial charge in [-0.05, 0) is 61.6 Å². The predicted molar refractivity (Wildman–Crippen MR) is 164 cm³/mol. The number of rotatable bonds is 11. The summed E-state index contributed by atoms with van der Waals surface area (Å²) >= 11 is 6.00. The first-order chi connectivity index (χ1) is 21.1. The van der Waals surface area contributed by atoms with Gasteiger partial charge in [-0.1, -0.05) is 78.8 Å². The molecule has 2 aliphatic carbocycles. The van der Waals surface area contributed by atoms with Crippen LogP contribution in [0.15, 0.2) is 60.9 Å². The van der Waals surface area contributed by atoms with Crippen LogP contribution in [0.5, 0.6) is 11.5 Å². The van der Waals surface area contributed by atoms with Crippen molar-refractivity contribution in [1.82, 2.24) is 30.0 Å². The molecule has 10 heteroatoms. The van der Waals surface area contributed by atoms with Crippen molar-refractivity contribution in [3.63, 3.8) is 0 Å². The number of carbonyl (C=O) groups is 1. The smallest absolute Gasteiger partial charge is 0.189 e. The van der Waals surface area contributed by atoms with Crippen molar-refractivity contribution in [1.29, 1.82) is 0 Å². The van der Waals surface area contributed by atoms with E-state index in [2.05, 4.69) is 20.6 Å². The Balaban J connectivity index is 1.16. The molecule has 2 aromatic heterocycles. The highest BCUT2D eigenvalue weighted by Crippen LogP contribution is 2.30. The molecule has 0 spiro atoms. The molecule has 0 saturated heterocycles. The second-order valence-electron chi connectivity index (χ2n) is 11.4. The summed E-state index contributed by atoms with van der Waals surface area (Å²) in [5.41, 5.74) is 2.78. The minimum atomic E-state index is -0.183. The molecule has 2 saturated carbocycles. The number of hydrogen-bond donors (Lipinski definition) is 0. The molecule has 43 heavy (non-hydrogen) atoms. The number of benzene rings is 2. The Bertz CT molecular complexity index is 1530. The molecule has 0 atom stereocenters. The molecule has 4 aromatic rings. The first-order valence-corrected chi connectivity index (χ1v) is 15.7. The van der Waals surface area contributed by atoms with Crippen LogP contribution in [0.25, 0.3) is 6.08 Å². The van der Waals surface area contributed by atoms with Gasteiger partial charge in [-0.3, -0.25) is 4.79 Å². The van der Waals surface area contributed by atoms with Crippen LogP contribution in [0.4, 0.5) is 0 Å². The number of aromatic nitrogens is 6. The fourth-order valence-electron chi connectivity index (χ4n) is 5.87. The third kappa shape index (κ3) is 7.70. The first kappa shape index (κ1) is 29.1. The Labute approximate surface area is 256 Å². The number of nitrogens with zero attached hydrogens (tertiary/aromatic N) is 6. The van der Waals surface area contributed by atoms with E-state index in [1.165, 1.54) is 44.6 Å². The lowest BCUT2D eigenvalue weighted by Gasteiger charge is -2.20. The van der Waals surface area contributed by atoms with Crippen molar-refractivity contribution in [2.24, 2.45) is 0 Å². The Hall–Kier alpha value is -3.98. The summed E-state index contributed by atoms with van der Waals surface area (Å²) in [6.07, 6.45) is 19.2. The average Bonchev–Trinajstić information content (AvgIpc) is 3.74. The van der Waals surface area contributed by atoms with Crippen LogP contribution >= 0.6 is 11.6 Å². The van der Waals surface area contributed by atoms with Crippen LogP contribution in [-0.2, 0) is 13.2 Å². The van der Waals surface area contributed by atoms with E-state index in [0.29, 0.717) is 39.9 Å². The summed E-state index contributed by atoms with van der Waals surface area (Å²) in [6, 6.07) is 13.4. The minimum absolute atomic E-state index is 0.183. The normalized spacial score (nSPS) is 16.5. The molecular formula is C33H37ClN6O3. The van der Waals surface area contributed by atoms with Gasteiger partial charge >= 0.3 is 0 Å². The van der Waals surface area contributed by atoms with Gasteiger partial charge in [0.2, 0.25) is 0 Å². The molecule has 2 aromatic carbocycles. The van der Waals surface area contributed by atoms with E-state index in [1.54, 1.807) is 36.4 Å². The van der Waals surface area contributed by atoms with E-state index >= 15 is 0 Å². The Kier molecular flexibility index (Phi) is 9.47. The summed E-state index contributed by atoms with van der Waals surface area (Å²) in [5.74, 6) is 0.811. The summed E-state index contributed by atoms with van der Waals surface area (Å²) in [6.45, 7) is 0.457.